The van der Waals surface area contributed by atoms with Crippen molar-refractivity contribution in [2.75, 3.05) is 17.8 Å². The topological polar surface area (TPSA) is 45.2 Å². The molecule has 4 rings (SSSR count). The first kappa shape index (κ1) is 23.0. The normalized spacial score (nSPS) is 14.8. The molecule has 0 saturated carbocycles. The molecule has 0 fully saturated rings. The predicted molar refractivity (Wildman–Crippen MR) is 136 cm³/mol. The van der Waals surface area contributed by atoms with Crippen LogP contribution in [0.4, 0.5) is 10.5 Å². The first-order valence-corrected chi connectivity index (χ1v) is 13.3. The average Bonchev–Trinajstić information content (AvgIpc) is 3.23. The lowest BCUT2D eigenvalue weighted by molar-refractivity contribution is 0.183. The Kier molecular flexibility index (Phi) is 7.33. The Morgan fingerprint density at radius 3 is 2.66 bits per heavy atom. The molecule has 1 N–H and O–H groups in total. The quantitative estimate of drug-likeness (QED) is 0.376. The van der Waals surface area contributed by atoms with Gasteiger partial charge in [0.2, 0.25) is 0 Å². The van der Waals surface area contributed by atoms with Crippen LogP contribution in [0.15, 0.2) is 64.5 Å². The van der Waals surface area contributed by atoms with E-state index >= 15 is 0 Å². The number of thioether (sulfide) groups is 2. The first-order chi connectivity index (χ1) is 15.5. The summed E-state index contributed by atoms with van der Waals surface area (Å²) in [5.74, 6) is 0. The van der Waals surface area contributed by atoms with Crippen LogP contribution in [-0.2, 0) is 13.0 Å². The van der Waals surface area contributed by atoms with Crippen LogP contribution in [0.1, 0.15) is 34.8 Å². The highest BCUT2D eigenvalue weighted by molar-refractivity contribution is 7.99. The van der Waals surface area contributed by atoms with Gasteiger partial charge in [-0.15, -0.1) is 23.5 Å². The monoisotopic (exact) mass is 483 g/mol. The molecule has 0 radical (unpaired) electrons. The van der Waals surface area contributed by atoms with Gasteiger partial charge in [0.05, 0.1) is 11.7 Å². The van der Waals surface area contributed by atoms with Gasteiger partial charge >= 0.3 is 6.03 Å². The molecule has 1 atom stereocenters. The molecule has 3 aromatic rings. The zero-order valence-electron chi connectivity index (χ0n) is 18.4. The number of carbonyl (C=O) groups excluding carboxylic acids is 1. The third-order valence-corrected chi connectivity index (χ3v) is 7.57. The highest BCUT2D eigenvalue weighted by atomic mass is 35.5. The van der Waals surface area contributed by atoms with Gasteiger partial charge in [-0.05, 0) is 61.1 Å². The summed E-state index contributed by atoms with van der Waals surface area (Å²) in [6, 6.07) is 18.0. The SMILES string of the molecule is CSc1cc(C)nc(SC)c1NC(=O)N(Cc1ccccc1Cl)C1CCc2ccccc21. The van der Waals surface area contributed by atoms with Crippen molar-refractivity contribution < 1.29 is 4.79 Å². The van der Waals surface area contributed by atoms with Crippen LogP contribution in [0.2, 0.25) is 5.02 Å². The highest BCUT2D eigenvalue weighted by Gasteiger charge is 2.32. The second kappa shape index (κ2) is 10.2. The van der Waals surface area contributed by atoms with E-state index in [4.69, 9.17) is 11.6 Å². The smallest absolute Gasteiger partial charge is 0.313 e. The largest absolute Gasteiger partial charge is 0.322 e. The number of carbonyl (C=O) groups is 1. The zero-order valence-corrected chi connectivity index (χ0v) is 20.8. The number of urea groups is 1. The Labute approximate surface area is 203 Å². The van der Waals surface area contributed by atoms with Crippen molar-refractivity contribution in [3.05, 3.63) is 82.0 Å². The summed E-state index contributed by atoms with van der Waals surface area (Å²) >= 11 is 9.63. The maximum atomic E-state index is 13.8. The van der Waals surface area contributed by atoms with Crippen molar-refractivity contribution in [2.24, 2.45) is 0 Å². The van der Waals surface area contributed by atoms with E-state index in [2.05, 4.69) is 28.5 Å². The molecule has 7 heteroatoms. The Morgan fingerprint density at radius 1 is 1.16 bits per heavy atom. The lowest BCUT2D eigenvalue weighted by atomic mass is 10.1. The van der Waals surface area contributed by atoms with Crippen LogP contribution in [0, 0.1) is 6.92 Å². The van der Waals surface area contributed by atoms with E-state index in [0.717, 1.165) is 39.7 Å². The summed E-state index contributed by atoms with van der Waals surface area (Å²) in [5, 5.41) is 4.69. The highest BCUT2D eigenvalue weighted by Crippen LogP contribution is 2.39. The minimum atomic E-state index is -0.136. The van der Waals surface area contributed by atoms with E-state index in [1.807, 2.05) is 60.7 Å². The van der Waals surface area contributed by atoms with E-state index in [0.29, 0.717) is 11.6 Å². The predicted octanol–water partition coefficient (Wildman–Crippen LogP) is 7.21. The van der Waals surface area contributed by atoms with Gasteiger partial charge in [0.15, 0.2) is 0 Å². The Bertz CT molecular complexity index is 1110. The van der Waals surface area contributed by atoms with Crippen LogP contribution in [0.5, 0.6) is 0 Å². The summed E-state index contributed by atoms with van der Waals surface area (Å²) in [6.45, 7) is 2.41. The van der Waals surface area contributed by atoms with Gasteiger partial charge in [-0.1, -0.05) is 54.1 Å². The maximum absolute atomic E-state index is 13.8. The number of fused-ring (bicyclic) bond motifs is 1. The van der Waals surface area contributed by atoms with Gasteiger partial charge in [-0.2, -0.15) is 0 Å². The number of amides is 2. The van der Waals surface area contributed by atoms with Crippen molar-refractivity contribution >= 4 is 46.8 Å². The Balaban J connectivity index is 1.71. The molecule has 2 aromatic carbocycles. The lowest BCUT2D eigenvalue weighted by Gasteiger charge is -2.31. The number of nitrogens with one attached hydrogen (secondary N) is 1. The molecule has 1 aliphatic carbocycles. The molecule has 4 nitrogen and oxygen atoms in total. The van der Waals surface area contributed by atoms with Gasteiger partial charge < -0.3 is 10.2 Å². The summed E-state index contributed by atoms with van der Waals surface area (Å²) < 4.78 is 0. The fourth-order valence-electron chi connectivity index (χ4n) is 4.21. The summed E-state index contributed by atoms with van der Waals surface area (Å²) in [7, 11) is 0. The van der Waals surface area contributed by atoms with E-state index < -0.39 is 0 Å². The number of hydrogen-bond acceptors (Lipinski definition) is 4. The molecule has 166 valence electrons. The van der Waals surface area contributed by atoms with Gasteiger partial charge in [0.1, 0.15) is 5.03 Å². The molecule has 0 aliphatic heterocycles. The molecule has 1 aliphatic rings. The van der Waals surface area contributed by atoms with Gasteiger partial charge in [-0.3, -0.25) is 0 Å². The van der Waals surface area contributed by atoms with Gasteiger partial charge in [0, 0.05) is 22.2 Å². The molecular weight excluding hydrogens is 458 g/mol. The molecular formula is C25H26ClN3OS2. The minimum absolute atomic E-state index is 0.00339. The van der Waals surface area contributed by atoms with Crippen LogP contribution >= 0.6 is 35.1 Å². The van der Waals surface area contributed by atoms with Crippen molar-refractivity contribution in [1.82, 2.24) is 9.88 Å². The summed E-state index contributed by atoms with van der Waals surface area (Å²) in [4.78, 5) is 21.3. The number of aromatic nitrogens is 1. The third-order valence-electron chi connectivity index (χ3n) is 5.76. The van der Waals surface area contributed by atoms with Gasteiger partial charge in [0.25, 0.3) is 0 Å². The second-order valence-corrected chi connectivity index (χ2v) is 9.80. The number of nitrogens with zero attached hydrogens (tertiary/aromatic N) is 2. The lowest BCUT2D eigenvalue weighted by Crippen LogP contribution is -2.37. The van der Waals surface area contributed by atoms with Crippen LogP contribution in [0.3, 0.4) is 0 Å². The van der Waals surface area contributed by atoms with E-state index in [-0.39, 0.29) is 12.1 Å². The van der Waals surface area contributed by atoms with Crippen LogP contribution in [-0.4, -0.2) is 28.4 Å². The third kappa shape index (κ3) is 4.77. The minimum Gasteiger partial charge on any atom is -0.313 e. The molecule has 0 bridgehead atoms. The van der Waals surface area contributed by atoms with E-state index in [9.17, 15) is 4.79 Å². The second-order valence-electron chi connectivity index (χ2n) is 7.75. The number of aryl methyl sites for hydroxylation is 2. The number of halogens is 1. The number of pyridine rings is 1. The van der Waals surface area contributed by atoms with Crippen LogP contribution < -0.4 is 5.32 Å². The standard InChI is InChI=1S/C25H26ClN3OS2/c1-16-14-22(31-2)23(24(27-16)32-3)28-25(30)29(15-18-9-5-7-11-20(18)26)21-13-12-17-8-4-6-10-19(17)21/h4-11,14,21H,12-13,15H2,1-3H3,(H,28,30). The molecule has 0 spiro atoms. The summed E-state index contributed by atoms with van der Waals surface area (Å²) in [5.41, 5.74) is 5.17. The number of hydrogen-bond donors (Lipinski definition) is 1. The number of anilines is 1. The Hall–Kier alpha value is -2.15. The molecule has 2 amide bonds. The van der Waals surface area contributed by atoms with Crippen molar-refractivity contribution in [3.63, 3.8) is 0 Å². The van der Waals surface area contributed by atoms with Crippen molar-refractivity contribution in [3.8, 4) is 0 Å². The fourth-order valence-corrected chi connectivity index (χ4v) is 5.71. The van der Waals surface area contributed by atoms with E-state index in [1.165, 1.54) is 11.1 Å². The van der Waals surface area contributed by atoms with Crippen molar-refractivity contribution in [2.45, 2.75) is 42.3 Å². The molecule has 1 aromatic heterocycles. The molecule has 1 unspecified atom stereocenters. The zero-order chi connectivity index (χ0) is 22.7. The summed E-state index contributed by atoms with van der Waals surface area (Å²) in [6.07, 6.45) is 5.86. The van der Waals surface area contributed by atoms with Gasteiger partial charge in [-0.25, -0.2) is 9.78 Å². The number of benzene rings is 2. The average molecular weight is 484 g/mol. The van der Waals surface area contributed by atoms with E-state index in [1.54, 1.807) is 23.5 Å². The Morgan fingerprint density at radius 2 is 1.91 bits per heavy atom. The molecule has 32 heavy (non-hydrogen) atoms. The number of rotatable bonds is 6. The fraction of sp³-hybridized carbons (Fsp3) is 0.280. The molecule has 1 heterocycles. The molecule has 0 saturated heterocycles. The van der Waals surface area contributed by atoms with Crippen molar-refractivity contribution in [1.29, 1.82) is 0 Å². The maximum Gasteiger partial charge on any atom is 0.322 e. The first-order valence-electron chi connectivity index (χ1n) is 10.5. The van der Waals surface area contributed by atoms with Crippen LogP contribution in [0.25, 0.3) is 0 Å².